The number of hydrogen-bond acceptors (Lipinski definition) is 3. The summed E-state index contributed by atoms with van der Waals surface area (Å²) in [5.74, 6) is 0. The molecule has 3 aromatic rings. The van der Waals surface area contributed by atoms with Gasteiger partial charge in [0.05, 0.1) is 0 Å². The fourth-order valence-electron chi connectivity index (χ4n) is 2.00. The van der Waals surface area contributed by atoms with Crippen molar-refractivity contribution in [1.82, 2.24) is 14.6 Å². The average molecular weight is 271 g/mol. The summed E-state index contributed by atoms with van der Waals surface area (Å²) in [5.41, 5.74) is 1.64. The van der Waals surface area contributed by atoms with Crippen LogP contribution in [0.15, 0.2) is 58.5 Å². The lowest BCUT2D eigenvalue weighted by Crippen LogP contribution is -2.12. The first-order valence-electron chi connectivity index (χ1n) is 6.02. The van der Waals surface area contributed by atoms with Crippen molar-refractivity contribution in [2.75, 3.05) is 0 Å². The van der Waals surface area contributed by atoms with E-state index in [9.17, 15) is 4.79 Å². The minimum absolute atomic E-state index is 0.0897. The number of H-pyrrole nitrogens is 1. The molecule has 5 heteroatoms. The fourth-order valence-corrected chi connectivity index (χ4v) is 3.02. The van der Waals surface area contributed by atoms with Gasteiger partial charge in [0.1, 0.15) is 0 Å². The molecule has 0 amide bonds. The highest BCUT2D eigenvalue weighted by Crippen LogP contribution is 2.35. The number of rotatable bonds is 3. The maximum atomic E-state index is 11.7. The van der Waals surface area contributed by atoms with Crippen molar-refractivity contribution in [3.05, 3.63) is 64.7 Å². The molecule has 0 saturated carbocycles. The predicted molar refractivity (Wildman–Crippen MR) is 76.5 cm³/mol. The second-order valence-corrected chi connectivity index (χ2v) is 5.66. The first-order chi connectivity index (χ1) is 9.25. The smallest absolute Gasteiger partial charge is 0.272 e. The molecular weight excluding hydrogens is 258 g/mol. The third-order valence-corrected chi connectivity index (χ3v) is 4.10. The molecule has 0 bridgehead atoms. The molecule has 0 fully saturated rings. The standard InChI is InChI=1S/C14H13N3OS/c1-10(19-11-5-3-2-4-6-11)12-9-16-17-13(18)7-8-15-14(12)17/h2-10,16H,1H3. The lowest BCUT2D eigenvalue weighted by atomic mass is 10.2. The van der Waals surface area contributed by atoms with E-state index in [4.69, 9.17) is 0 Å². The fraction of sp³-hybridized carbons (Fsp3) is 0.143. The monoisotopic (exact) mass is 271 g/mol. The normalized spacial score (nSPS) is 12.7. The number of nitrogens with one attached hydrogen (secondary N) is 1. The van der Waals surface area contributed by atoms with E-state index in [0.717, 1.165) is 5.56 Å². The van der Waals surface area contributed by atoms with Gasteiger partial charge in [-0.1, -0.05) is 18.2 Å². The van der Waals surface area contributed by atoms with Crippen LogP contribution in [0, 0.1) is 0 Å². The molecule has 0 radical (unpaired) electrons. The number of benzene rings is 1. The topological polar surface area (TPSA) is 50.2 Å². The minimum Gasteiger partial charge on any atom is -0.297 e. The van der Waals surface area contributed by atoms with E-state index < -0.39 is 0 Å². The third-order valence-electron chi connectivity index (χ3n) is 2.95. The van der Waals surface area contributed by atoms with Crippen molar-refractivity contribution >= 4 is 17.4 Å². The Labute approximate surface area is 114 Å². The van der Waals surface area contributed by atoms with Crippen molar-refractivity contribution in [1.29, 1.82) is 0 Å². The van der Waals surface area contributed by atoms with Gasteiger partial charge in [0.2, 0.25) is 0 Å². The maximum absolute atomic E-state index is 11.7. The van der Waals surface area contributed by atoms with Crippen LogP contribution in [0.3, 0.4) is 0 Å². The van der Waals surface area contributed by atoms with Crippen LogP contribution in [0.2, 0.25) is 0 Å². The van der Waals surface area contributed by atoms with E-state index in [2.05, 4.69) is 29.1 Å². The number of hydrogen-bond donors (Lipinski definition) is 1. The maximum Gasteiger partial charge on any atom is 0.272 e. The summed E-state index contributed by atoms with van der Waals surface area (Å²) in [6.45, 7) is 2.11. The van der Waals surface area contributed by atoms with Gasteiger partial charge >= 0.3 is 0 Å². The summed E-state index contributed by atoms with van der Waals surface area (Å²) in [6, 6.07) is 11.6. The van der Waals surface area contributed by atoms with E-state index in [0.29, 0.717) is 5.65 Å². The molecule has 4 nitrogen and oxygen atoms in total. The molecule has 3 rings (SSSR count). The largest absolute Gasteiger partial charge is 0.297 e. The van der Waals surface area contributed by atoms with Crippen LogP contribution in [0.1, 0.15) is 17.7 Å². The Bertz CT molecular complexity index is 748. The number of thioether (sulfide) groups is 1. The third kappa shape index (κ3) is 2.29. The van der Waals surface area contributed by atoms with Crippen molar-refractivity contribution in [2.24, 2.45) is 0 Å². The Morgan fingerprint density at radius 3 is 2.84 bits per heavy atom. The van der Waals surface area contributed by atoms with Crippen LogP contribution in [0.4, 0.5) is 0 Å². The van der Waals surface area contributed by atoms with Gasteiger partial charge in [-0.25, -0.2) is 9.50 Å². The first kappa shape index (κ1) is 12.0. The lowest BCUT2D eigenvalue weighted by Gasteiger charge is -2.09. The van der Waals surface area contributed by atoms with Crippen LogP contribution >= 0.6 is 11.8 Å². The van der Waals surface area contributed by atoms with Crippen molar-refractivity contribution in [3.63, 3.8) is 0 Å². The van der Waals surface area contributed by atoms with Crippen LogP contribution in [0.5, 0.6) is 0 Å². The quantitative estimate of drug-likeness (QED) is 0.745. The molecule has 1 aromatic carbocycles. The van der Waals surface area contributed by atoms with Gasteiger partial charge in [-0.2, -0.15) is 0 Å². The highest BCUT2D eigenvalue weighted by atomic mass is 32.2. The first-order valence-corrected chi connectivity index (χ1v) is 6.90. The highest BCUT2D eigenvalue weighted by Gasteiger charge is 2.14. The van der Waals surface area contributed by atoms with Crippen LogP contribution in [-0.4, -0.2) is 14.6 Å². The number of aromatic nitrogens is 3. The molecule has 2 aromatic heterocycles. The van der Waals surface area contributed by atoms with E-state index in [-0.39, 0.29) is 10.8 Å². The summed E-state index contributed by atoms with van der Waals surface area (Å²) in [7, 11) is 0. The lowest BCUT2D eigenvalue weighted by molar-refractivity contribution is 0.899. The molecule has 0 aliphatic rings. The molecule has 19 heavy (non-hydrogen) atoms. The Morgan fingerprint density at radius 2 is 2.05 bits per heavy atom. The highest BCUT2D eigenvalue weighted by molar-refractivity contribution is 7.99. The molecule has 1 N–H and O–H groups in total. The van der Waals surface area contributed by atoms with E-state index >= 15 is 0 Å². The molecule has 2 heterocycles. The number of aromatic amines is 1. The Morgan fingerprint density at radius 1 is 1.26 bits per heavy atom. The molecule has 96 valence electrons. The number of fused-ring (bicyclic) bond motifs is 1. The van der Waals surface area contributed by atoms with Crippen molar-refractivity contribution < 1.29 is 0 Å². The molecule has 0 aliphatic heterocycles. The van der Waals surface area contributed by atoms with Crippen LogP contribution < -0.4 is 5.56 Å². The molecule has 0 aliphatic carbocycles. The van der Waals surface area contributed by atoms with Gasteiger partial charge in [-0.3, -0.25) is 9.89 Å². The summed E-state index contributed by atoms with van der Waals surface area (Å²) >= 11 is 1.75. The zero-order valence-electron chi connectivity index (χ0n) is 10.4. The van der Waals surface area contributed by atoms with Gasteiger partial charge in [-0.05, 0) is 19.1 Å². The summed E-state index contributed by atoms with van der Waals surface area (Å²) in [6.07, 6.45) is 3.40. The van der Waals surface area contributed by atoms with Crippen LogP contribution in [0.25, 0.3) is 5.65 Å². The van der Waals surface area contributed by atoms with Gasteiger partial charge < -0.3 is 0 Å². The van der Waals surface area contributed by atoms with Gasteiger partial charge in [0.25, 0.3) is 5.56 Å². The Balaban J connectivity index is 1.96. The SMILES string of the molecule is CC(Sc1ccccc1)c1c[nH]n2c(=O)ccnc12. The molecular formula is C14H13N3OS. The average Bonchev–Trinajstić information content (AvgIpc) is 2.85. The summed E-state index contributed by atoms with van der Waals surface area (Å²) in [4.78, 5) is 17.1. The second kappa shape index (κ2) is 4.93. The summed E-state index contributed by atoms with van der Waals surface area (Å²) in [5, 5.41) is 3.17. The van der Waals surface area contributed by atoms with Gasteiger partial charge in [0, 0.05) is 34.2 Å². The van der Waals surface area contributed by atoms with Gasteiger partial charge in [-0.15, -0.1) is 11.8 Å². The zero-order valence-corrected chi connectivity index (χ0v) is 11.2. The van der Waals surface area contributed by atoms with E-state index in [1.165, 1.54) is 15.5 Å². The van der Waals surface area contributed by atoms with Crippen LogP contribution in [-0.2, 0) is 0 Å². The Hall–Kier alpha value is -2.01. The van der Waals surface area contributed by atoms with Gasteiger partial charge in [0.15, 0.2) is 5.65 Å². The molecule has 1 atom stereocenters. The van der Waals surface area contributed by atoms with Crippen molar-refractivity contribution in [2.45, 2.75) is 17.1 Å². The van der Waals surface area contributed by atoms with E-state index in [1.807, 2.05) is 24.4 Å². The predicted octanol–water partition coefficient (Wildman–Crippen LogP) is 2.88. The second-order valence-electron chi connectivity index (χ2n) is 4.24. The summed E-state index contributed by atoms with van der Waals surface area (Å²) < 4.78 is 1.47. The van der Waals surface area contributed by atoms with E-state index in [1.54, 1.807) is 18.0 Å². The minimum atomic E-state index is -0.0897. The molecule has 1 unspecified atom stereocenters. The molecule has 0 spiro atoms. The Kier molecular flexibility index (Phi) is 3.13. The number of nitrogens with zero attached hydrogens (tertiary/aromatic N) is 2. The molecule has 0 saturated heterocycles. The van der Waals surface area contributed by atoms with Crippen molar-refractivity contribution in [3.8, 4) is 0 Å². The zero-order chi connectivity index (χ0) is 13.2.